The molecule has 0 unspecified atom stereocenters. The summed E-state index contributed by atoms with van der Waals surface area (Å²) in [5.74, 6) is 1.22. The first-order valence-electron chi connectivity index (χ1n) is 9.59. The van der Waals surface area contributed by atoms with Crippen LogP contribution in [0.15, 0.2) is 72.8 Å². The van der Waals surface area contributed by atoms with E-state index >= 15 is 0 Å². The minimum absolute atomic E-state index is 0.0226. The molecule has 2 atom stereocenters. The van der Waals surface area contributed by atoms with Gasteiger partial charge in [-0.05, 0) is 30.7 Å². The third-order valence-electron chi connectivity index (χ3n) is 5.39. The average molecular weight is 388 g/mol. The van der Waals surface area contributed by atoms with Crippen molar-refractivity contribution >= 4 is 11.6 Å². The van der Waals surface area contributed by atoms with Crippen molar-refractivity contribution in [3.63, 3.8) is 0 Å². The molecule has 0 saturated heterocycles. The topological polar surface area (TPSA) is 50.8 Å². The highest BCUT2D eigenvalue weighted by Gasteiger charge is 2.38. The lowest BCUT2D eigenvalue weighted by Crippen LogP contribution is -2.44. The summed E-state index contributed by atoms with van der Waals surface area (Å²) in [6, 6.07) is 23.2. The van der Waals surface area contributed by atoms with E-state index < -0.39 is 6.17 Å². The van der Waals surface area contributed by atoms with Crippen LogP contribution in [0.25, 0.3) is 0 Å². The predicted molar refractivity (Wildman–Crippen MR) is 113 cm³/mol. The van der Waals surface area contributed by atoms with Gasteiger partial charge in [0.2, 0.25) is 0 Å². The second-order valence-corrected chi connectivity index (χ2v) is 6.97. The van der Waals surface area contributed by atoms with Gasteiger partial charge in [0.25, 0.3) is 5.91 Å². The smallest absolute Gasteiger partial charge is 0.258 e. The van der Waals surface area contributed by atoms with Crippen molar-refractivity contribution in [1.82, 2.24) is 4.90 Å². The van der Waals surface area contributed by atoms with Gasteiger partial charge in [-0.2, -0.15) is 0 Å². The largest absolute Gasteiger partial charge is 0.493 e. The summed E-state index contributed by atoms with van der Waals surface area (Å²) >= 11 is 0. The highest BCUT2D eigenvalue weighted by molar-refractivity contribution is 6.02. The van der Waals surface area contributed by atoms with E-state index in [-0.39, 0.29) is 11.9 Å². The Bertz CT molecular complexity index is 1020. The molecular weight excluding hydrogens is 364 g/mol. The minimum atomic E-state index is -0.405. The van der Waals surface area contributed by atoms with Gasteiger partial charge in [0.15, 0.2) is 11.5 Å². The van der Waals surface area contributed by atoms with Crippen molar-refractivity contribution in [3.05, 3.63) is 89.5 Å². The van der Waals surface area contributed by atoms with E-state index in [0.29, 0.717) is 17.1 Å². The molecule has 0 aromatic heterocycles. The van der Waals surface area contributed by atoms with Crippen LogP contribution in [-0.4, -0.2) is 25.0 Å². The zero-order valence-electron chi connectivity index (χ0n) is 16.8. The maximum atomic E-state index is 13.6. The van der Waals surface area contributed by atoms with Crippen LogP contribution in [0.5, 0.6) is 11.5 Å². The Balaban J connectivity index is 1.87. The molecule has 5 heteroatoms. The van der Waals surface area contributed by atoms with Gasteiger partial charge in [0, 0.05) is 11.3 Å². The first-order valence-corrected chi connectivity index (χ1v) is 9.59. The van der Waals surface area contributed by atoms with E-state index in [4.69, 9.17) is 9.47 Å². The highest BCUT2D eigenvalue weighted by Crippen LogP contribution is 2.43. The molecule has 1 aliphatic heterocycles. The summed E-state index contributed by atoms with van der Waals surface area (Å²) in [5, 5.41) is 3.54. The molecule has 1 N–H and O–H groups in total. The van der Waals surface area contributed by atoms with Gasteiger partial charge in [-0.15, -0.1) is 0 Å². The van der Waals surface area contributed by atoms with E-state index in [1.165, 1.54) is 0 Å². The van der Waals surface area contributed by atoms with Gasteiger partial charge in [-0.3, -0.25) is 4.79 Å². The number of para-hydroxylation sites is 2. The maximum Gasteiger partial charge on any atom is 0.258 e. The number of carbonyl (C=O) groups is 1. The van der Waals surface area contributed by atoms with Gasteiger partial charge in [-0.25, -0.2) is 0 Å². The van der Waals surface area contributed by atoms with Crippen LogP contribution in [0.1, 0.15) is 40.6 Å². The molecule has 3 aromatic rings. The molecule has 148 valence electrons. The van der Waals surface area contributed by atoms with E-state index in [1.54, 1.807) is 14.2 Å². The molecule has 0 radical (unpaired) electrons. The number of rotatable bonds is 5. The third kappa shape index (κ3) is 3.29. The number of carbonyl (C=O) groups excluding carboxylic acids is 1. The first kappa shape index (κ1) is 18.9. The van der Waals surface area contributed by atoms with Gasteiger partial charge >= 0.3 is 0 Å². The second kappa shape index (κ2) is 7.87. The fourth-order valence-corrected chi connectivity index (χ4v) is 3.92. The summed E-state index contributed by atoms with van der Waals surface area (Å²) in [6.07, 6.45) is -0.405. The number of anilines is 1. The van der Waals surface area contributed by atoms with Crippen molar-refractivity contribution in [2.24, 2.45) is 0 Å². The van der Waals surface area contributed by atoms with Crippen molar-refractivity contribution in [2.45, 2.75) is 19.1 Å². The normalized spacial score (nSPS) is 16.6. The zero-order valence-corrected chi connectivity index (χ0v) is 16.8. The molecule has 1 aliphatic rings. The number of hydrogen-bond donors (Lipinski definition) is 1. The lowest BCUT2D eigenvalue weighted by atomic mass is 9.98. The van der Waals surface area contributed by atoms with E-state index in [0.717, 1.165) is 16.8 Å². The second-order valence-electron chi connectivity index (χ2n) is 6.97. The van der Waals surface area contributed by atoms with Crippen LogP contribution in [-0.2, 0) is 0 Å². The molecule has 0 saturated carbocycles. The number of ether oxygens (including phenoxy) is 2. The fourth-order valence-electron chi connectivity index (χ4n) is 3.92. The summed E-state index contributed by atoms with van der Waals surface area (Å²) < 4.78 is 11.2. The van der Waals surface area contributed by atoms with Crippen molar-refractivity contribution in [2.75, 3.05) is 19.5 Å². The van der Waals surface area contributed by atoms with Crippen LogP contribution in [0.4, 0.5) is 5.69 Å². The number of fused-ring (bicyclic) bond motifs is 1. The Morgan fingerprint density at radius 1 is 0.897 bits per heavy atom. The van der Waals surface area contributed by atoms with Crippen LogP contribution >= 0.6 is 0 Å². The average Bonchev–Trinajstić information content (AvgIpc) is 2.78. The highest BCUT2D eigenvalue weighted by atomic mass is 16.5. The molecule has 5 nitrogen and oxygen atoms in total. The van der Waals surface area contributed by atoms with Crippen molar-refractivity contribution in [3.8, 4) is 11.5 Å². The van der Waals surface area contributed by atoms with Crippen LogP contribution in [0.3, 0.4) is 0 Å². The quantitative estimate of drug-likeness (QED) is 0.666. The molecule has 1 amide bonds. The summed E-state index contributed by atoms with van der Waals surface area (Å²) in [7, 11) is 3.23. The number of hydrogen-bond acceptors (Lipinski definition) is 4. The Morgan fingerprint density at radius 2 is 1.62 bits per heavy atom. The van der Waals surface area contributed by atoms with Gasteiger partial charge < -0.3 is 19.7 Å². The molecule has 0 bridgehead atoms. The molecule has 4 rings (SSSR count). The summed E-state index contributed by atoms with van der Waals surface area (Å²) in [4.78, 5) is 15.5. The standard InChI is InChI=1S/C24H24N2O3/c1-16(17-10-5-4-6-11-17)26-23(19-13-9-15-21(28-2)22(19)29-3)25-20-14-8-7-12-18(20)24(26)27/h4-16,23,25H,1-3H3/t16-,23-/m1/s1. The molecular formula is C24H24N2O3. The predicted octanol–water partition coefficient (Wildman–Crippen LogP) is 5.03. The molecule has 0 aliphatic carbocycles. The van der Waals surface area contributed by atoms with Gasteiger partial charge in [0.1, 0.15) is 6.17 Å². The van der Waals surface area contributed by atoms with Crippen LogP contribution in [0.2, 0.25) is 0 Å². The number of benzene rings is 3. The zero-order chi connectivity index (χ0) is 20.4. The Kier molecular flexibility index (Phi) is 5.12. The van der Waals surface area contributed by atoms with Gasteiger partial charge in [0.05, 0.1) is 25.8 Å². The number of nitrogens with zero attached hydrogens (tertiary/aromatic N) is 1. The molecule has 29 heavy (non-hydrogen) atoms. The number of nitrogens with one attached hydrogen (secondary N) is 1. The maximum absolute atomic E-state index is 13.6. The molecule has 0 spiro atoms. The third-order valence-corrected chi connectivity index (χ3v) is 5.39. The van der Waals surface area contributed by atoms with Gasteiger partial charge in [-0.1, -0.05) is 54.6 Å². The Morgan fingerprint density at radius 3 is 2.34 bits per heavy atom. The molecule has 3 aromatic carbocycles. The number of amides is 1. The number of methoxy groups -OCH3 is 2. The van der Waals surface area contributed by atoms with Crippen LogP contribution < -0.4 is 14.8 Å². The van der Waals surface area contributed by atoms with Crippen molar-refractivity contribution < 1.29 is 14.3 Å². The fraction of sp³-hybridized carbons (Fsp3) is 0.208. The van der Waals surface area contributed by atoms with E-state index in [2.05, 4.69) is 5.32 Å². The Hall–Kier alpha value is -3.47. The molecule has 1 heterocycles. The summed E-state index contributed by atoms with van der Waals surface area (Å²) in [6.45, 7) is 2.04. The van der Waals surface area contributed by atoms with E-state index in [9.17, 15) is 4.79 Å². The lowest BCUT2D eigenvalue weighted by molar-refractivity contribution is 0.0593. The minimum Gasteiger partial charge on any atom is -0.493 e. The Labute approximate surface area is 170 Å². The summed E-state index contributed by atoms with van der Waals surface area (Å²) in [5.41, 5.74) is 3.38. The SMILES string of the molecule is COc1cccc([C@@H]2Nc3ccccc3C(=O)N2[C@H](C)c2ccccc2)c1OC. The monoisotopic (exact) mass is 388 g/mol. The first-order chi connectivity index (χ1) is 14.2. The van der Waals surface area contributed by atoms with Crippen molar-refractivity contribution in [1.29, 1.82) is 0 Å². The van der Waals surface area contributed by atoms with E-state index in [1.807, 2.05) is 84.6 Å². The molecule has 0 fully saturated rings. The van der Waals surface area contributed by atoms with Crippen LogP contribution in [0, 0.1) is 0 Å². The lowest BCUT2D eigenvalue weighted by Gasteiger charge is -2.42.